The highest BCUT2D eigenvalue weighted by molar-refractivity contribution is 9.10. The minimum Gasteiger partial charge on any atom is -0.310 e. The van der Waals surface area contributed by atoms with Crippen molar-refractivity contribution in [3.8, 4) is 0 Å². The molecule has 1 nitrogen and oxygen atoms in total. The molecule has 0 saturated carbocycles. The topological polar surface area (TPSA) is 12.0 Å². The molecule has 0 aliphatic carbocycles. The summed E-state index contributed by atoms with van der Waals surface area (Å²) in [7, 11) is 0. The van der Waals surface area contributed by atoms with E-state index in [0.29, 0.717) is 6.04 Å². The molecular weight excluding hydrogens is 366 g/mol. The molecule has 2 aromatic carbocycles. The van der Waals surface area contributed by atoms with Crippen molar-refractivity contribution < 1.29 is 0 Å². The Morgan fingerprint density at radius 1 is 1.19 bits per heavy atom. The van der Waals surface area contributed by atoms with E-state index in [2.05, 4.69) is 65.4 Å². The first kappa shape index (κ1) is 16.9. The molecule has 0 bridgehead atoms. The smallest absolute Gasteiger partial charge is 0.0406 e. The summed E-state index contributed by atoms with van der Waals surface area (Å²) in [4.78, 5) is 2.47. The predicted molar refractivity (Wildman–Crippen MR) is 96.4 cm³/mol. The Hall–Kier alpha value is -0.480. The van der Waals surface area contributed by atoms with Crippen molar-refractivity contribution in [3.63, 3.8) is 0 Å². The number of nitrogens with one attached hydrogen (secondary N) is 1. The van der Waals surface area contributed by atoms with Gasteiger partial charge in [-0.1, -0.05) is 46.2 Å². The van der Waals surface area contributed by atoms with Crippen molar-refractivity contribution >= 4 is 39.3 Å². The standard InChI is InChI=1S/C17H19BrClNS/c1-3-10-20-12(2)16-11-13(18)4-9-17(16)21-15-7-5-14(19)6-8-15/h4-9,11-12,20H,3,10H2,1-2H3. The molecule has 112 valence electrons. The molecule has 21 heavy (non-hydrogen) atoms. The average molecular weight is 385 g/mol. The summed E-state index contributed by atoms with van der Waals surface area (Å²) < 4.78 is 1.11. The molecule has 0 spiro atoms. The monoisotopic (exact) mass is 383 g/mol. The quantitative estimate of drug-likeness (QED) is 0.626. The first-order valence-electron chi connectivity index (χ1n) is 7.06. The molecule has 2 rings (SSSR count). The molecule has 2 aromatic rings. The predicted octanol–water partition coefficient (Wildman–Crippen LogP) is 6.31. The first-order valence-corrected chi connectivity index (χ1v) is 9.05. The number of rotatable bonds is 6. The van der Waals surface area contributed by atoms with Crippen molar-refractivity contribution in [1.82, 2.24) is 5.32 Å². The van der Waals surface area contributed by atoms with Crippen LogP contribution >= 0.6 is 39.3 Å². The van der Waals surface area contributed by atoms with Crippen LogP contribution in [0.5, 0.6) is 0 Å². The molecule has 1 N–H and O–H groups in total. The van der Waals surface area contributed by atoms with Crippen LogP contribution in [-0.2, 0) is 0 Å². The van der Waals surface area contributed by atoms with Crippen molar-refractivity contribution in [1.29, 1.82) is 0 Å². The summed E-state index contributed by atoms with van der Waals surface area (Å²) >= 11 is 11.3. The van der Waals surface area contributed by atoms with Crippen LogP contribution < -0.4 is 5.32 Å². The van der Waals surface area contributed by atoms with Crippen LogP contribution in [0.2, 0.25) is 5.02 Å². The zero-order valence-electron chi connectivity index (χ0n) is 12.2. The maximum atomic E-state index is 5.95. The van der Waals surface area contributed by atoms with Gasteiger partial charge >= 0.3 is 0 Å². The largest absolute Gasteiger partial charge is 0.310 e. The van der Waals surface area contributed by atoms with E-state index >= 15 is 0 Å². The SMILES string of the molecule is CCCNC(C)c1cc(Br)ccc1Sc1ccc(Cl)cc1. The van der Waals surface area contributed by atoms with E-state index in [1.54, 1.807) is 11.8 Å². The van der Waals surface area contributed by atoms with Gasteiger partial charge < -0.3 is 5.32 Å². The Kier molecular flexibility index (Phi) is 6.62. The van der Waals surface area contributed by atoms with Gasteiger partial charge in [0.25, 0.3) is 0 Å². The lowest BCUT2D eigenvalue weighted by Gasteiger charge is -2.18. The maximum absolute atomic E-state index is 5.95. The number of hydrogen-bond acceptors (Lipinski definition) is 2. The highest BCUT2D eigenvalue weighted by atomic mass is 79.9. The van der Waals surface area contributed by atoms with E-state index in [1.165, 1.54) is 15.4 Å². The molecule has 1 atom stereocenters. The lowest BCUT2D eigenvalue weighted by atomic mass is 10.1. The van der Waals surface area contributed by atoms with Crippen LogP contribution in [0, 0.1) is 0 Å². The molecule has 4 heteroatoms. The third-order valence-electron chi connectivity index (χ3n) is 3.18. The van der Waals surface area contributed by atoms with Gasteiger partial charge in [-0.05, 0) is 67.9 Å². The van der Waals surface area contributed by atoms with Crippen molar-refractivity contribution in [3.05, 3.63) is 57.5 Å². The van der Waals surface area contributed by atoms with Crippen LogP contribution in [0.4, 0.5) is 0 Å². The van der Waals surface area contributed by atoms with Gasteiger partial charge in [-0.3, -0.25) is 0 Å². The summed E-state index contributed by atoms with van der Waals surface area (Å²) in [6.07, 6.45) is 1.14. The Balaban J connectivity index is 2.23. The fraction of sp³-hybridized carbons (Fsp3) is 0.294. The third-order valence-corrected chi connectivity index (χ3v) is 5.03. The summed E-state index contributed by atoms with van der Waals surface area (Å²) in [5, 5.41) is 4.33. The van der Waals surface area contributed by atoms with Crippen LogP contribution in [0.15, 0.2) is 56.7 Å². The first-order chi connectivity index (χ1) is 10.1. The summed E-state index contributed by atoms with van der Waals surface area (Å²) in [5.74, 6) is 0. The van der Waals surface area contributed by atoms with Gasteiger partial charge in [-0.2, -0.15) is 0 Å². The Morgan fingerprint density at radius 2 is 1.90 bits per heavy atom. The summed E-state index contributed by atoms with van der Waals surface area (Å²) in [6.45, 7) is 5.42. The average Bonchev–Trinajstić information content (AvgIpc) is 2.49. The fourth-order valence-corrected chi connectivity index (χ4v) is 3.57. The van der Waals surface area contributed by atoms with Crippen LogP contribution in [0.25, 0.3) is 0 Å². The van der Waals surface area contributed by atoms with E-state index in [1.807, 2.05) is 12.1 Å². The highest BCUT2D eigenvalue weighted by Crippen LogP contribution is 2.35. The van der Waals surface area contributed by atoms with Gasteiger partial charge in [0.1, 0.15) is 0 Å². The van der Waals surface area contributed by atoms with E-state index in [9.17, 15) is 0 Å². The lowest BCUT2D eigenvalue weighted by molar-refractivity contribution is 0.563. The Bertz CT molecular complexity index is 586. The van der Waals surface area contributed by atoms with Crippen molar-refractivity contribution in [2.45, 2.75) is 36.1 Å². The zero-order valence-corrected chi connectivity index (χ0v) is 15.4. The molecule has 0 amide bonds. The van der Waals surface area contributed by atoms with E-state index in [0.717, 1.165) is 22.5 Å². The summed E-state index contributed by atoms with van der Waals surface area (Å²) in [5.41, 5.74) is 1.32. The molecule has 0 fully saturated rings. The molecular formula is C17H19BrClNS. The van der Waals surface area contributed by atoms with Gasteiger partial charge in [0.05, 0.1) is 0 Å². The number of halogens is 2. The molecule has 0 aromatic heterocycles. The highest BCUT2D eigenvalue weighted by Gasteiger charge is 2.12. The second-order valence-corrected chi connectivity index (χ2v) is 7.38. The molecule has 0 radical (unpaired) electrons. The number of benzene rings is 2. The van der Waals surface area contributed by atoms with Gasteiger partial charge in [-0.15, -0.1) is 0 Å². The molecule has 0 aliphatic heterocycles. The van der Waals surface area contributed by atoms with Gasteiger partial charge in [-0.25, -0.2) is 0 Å². The second-order valence-electron chi connectivity index (χ2n) is 4.91. The van der Waals surface area contributed by atoms with Crippen LogP contribution in [-0.4, -0.2) is 6.54 Å². The van der Waals surface area contributed by atoms with Crippen LogP contribution in [0.1, 0.15) is 31.9 Å². The number of hydrogen-bond donors (Lipinski definition) is 1. The fourth-order valence-electron chi connectivity index (χ4n) is 2.05. The third kappa shape index (κ3) is 5.03. The lowest BCUT2D eigenvalue weighted by Crippen LogP contribution is -2.19. The molecule has 0 heterocycles. The van der Waals surface area contributed by atoms with Crippen molar-refractivity contribution in [2.75, 3.05) is 6.54 Å². The normalized spacial score (nSPS) is 12.4. The van der Waals surface area contributed by atoms with Gasteiger partial charge in [0.15, 0.2) is 0 Å². The van der Waals surface area contributed by atoms with E-state index in [-0.39, 0.29) is 0 Å². The van der Waals surface area contributed by atoms with Crippen LogP contribution in [0.3, 0.4) is 0 Å². The van der Waals surface area contributed by atoms with E-state index < -0.39 is 0 Å². The maximum Gasteiger partial charge on any atom is 0.0406 e. The van der Waals surface area contributed by atoms with Gasteiger partial charge in [0.2, 0.25) is 0 Å². The second kappa shape index (κ2) is 8.23. The molecule has 0 saturated heterocycles. The minimum absolute atomic E-state index is 0.331. The molecule has 0 aliphatic rings. The Labute approximate surface area is 144 Å². The van der Waals surface area contributed by atoms with E-state index in [4.69, 9.17) is 11.6 Å². The van der Waals surface area contributed by atoms with Crippen molar-refractivity contribution in [2.24, 2.45) is 0 Å². The minimum atomic E-state index is 0.331. The van der Waals surface area contributed by atoms with Gasteiger partial charge in [0, 0.05) is 25.3 Å². The molecule has 1 unspecified atom stereocenters. The zero-order chi connectivity index (χ0) is 15.2. The Morgan fingerprint density at radius 3 is 2.57 bits per heavy atom. The summed E-state index contributed by atoms with van der Waals surface area (Å²) in [6, 6.07) is 14.8.